The Morgan fingerprint density at radius 2 is 2.25 bits per heavy atom. The summed E-state index contributed by atoms with van der Waals surface area (Å²) in [5.74, 6) is 1.17. The minimum Gasteiger partial charge on any atom is -0.325 e. The van der Waals surface area contributed by atoms with E-state index >= 15 is 0 Å². The summed E-state index contributed by atoms with van der Waals surface area (Å²) in [7, 11) is 0. The first-order chi connectivity index (χ1) is 9.72. The highest BCUT2D eigenvalue weighted by molar-refractivity contribution is 6.35. The number of para-hydroxylation sites is 1. The van der Waals surface area contributed by atoms with E-state index in [-0.39, 0.29) is 5.54 Å². The lowest BCUT2D eigenvalue weighted by Gasteiger charge is -2.29. The van der Waals surface area contributed by atoms with Crippen molar-refractivity contribution in [1.82, 2.24) is 14.9 Å². The first kappa shape index (κ1) is 13.9. The summed E-state index contributed by atoms with van der Waals surface area (Å²) in [5.41, 5.74) is 2.13. The molecule has 0 aliphatic carbocycles. The van der Waals surface area contributed by atoms with Gasteiger partial charge < -0.3 is 9.88 Å². The SMILES string of the molecule is CCCC1(c2nc3cccc(Cl)c3n2CC)CCCN1. The van der Waals surface area contributed by atoms with Crippen LogP contribution >= 0.6 is 11.6 Å². The molecule has 1 fully saturated rings. The van der Waals surface area contributed by atoms with Gasteiger partial charge in [0.15, 0.2) is 0 Å². The van der Waals surface area contributed by atoms with Crippen molar-refractivity contribution in [3.63, 3.8) is 0 Å². The van der Waals surface area contributed by atoms with Crippen LogP contribution in [0.5, 0.6) is 0 Å². The fourth-order valence-corrected chi connectivity index (χ4v) is 3.84. The molecule has 1 atom stereocenters. The third kappa shape index (κ3) is 2.04. The van der Waals surface area contributed by atoms with Crippen molar-refractivity contribution >= 4 is 22.6 Å². The second-order valence-electron chi connectivity index (χ2n) is 5.65. The molecule has 1 aromatic heterocycles. The summed E-state index contributed by atoms with van der Waals surface area (Å²) in [6.07, 6.45) is 4.68. The number of imidazole rings is 1. The van der Waals surface area contributed by atoms with E-state index in [0.717, 1.165) is 42.0 Å². The molecule has 0 spiro atoms. The van der Waals surface area contributed by atoms with Crippen LogP contribution < -0.4 is 5.32 Å². The summed E-state index contributed by atoms with van der Waals surface area (Å²) in [4.78, 5) is 4.93. The molecule has 0 radical (unpaired) electrons. The Hall–Kier alpha value is -1.06. The number of hydrogen-bond donors (Lipinski definition) is 1. The lowest BCUT2D eigenvalue weighted by molar-refractivity contribution is 0.324. The van der Waals surface area contributed by atoms with Gasteiger partial charge >= 0.3 is 0 Å². The van der Waals surface area contributed by atoms with Crippen molar-refractivity contribution in [2.45, 2.75) is 51.6 Å². The van der Waals surface area contributed by atoms with E-state index in [9.17, 15) is 0 Å². The molecule has 1 saturated heterocycles. The van der Waals surface area contributed by atoms with Gasteiger partial charge in [-0.05, 0) is 44.9 Å². The standard InChI is InChI=1S/C16H22ClN3/c1-3-9-16(10-6-11-18-16)15-19-13-8-5-7-12(17)14(13)20(15)4-2/h5,7-8,18H,3-4,6,9-11H2,1-2H3. The Kier molecular flexibility index (Phi) is 3.74. The van der Waals surface area contributed by atoms with Gasteiger partial charge in [-0.2, -0.15) is 0 Å². The zero-order valence-corrected chi connectivity index (χ0v) is 13.0. The average Bonchev–Trinajstić information content (AvgIpc) is 3.04. The van der Waals surface area contributed by atoms with Gasteiger partial charge in [-0.25, -0.2) is 4.98 Å². The maximum absolute atomic E-state index is 6.40. The number of nitrogens with zero attached hydrogens (tertiary/aromatic N) is 2. The van der Waals surface area contributed by atoms with E-state index < -0.39 is 0 Å². The van der Waals surface area contributed by atoms with Gasteiger partial charge in [0.1, 0.15) is 5.82 Å². The zero-order chi connectivity index (χ0) is 14.2. The highest BCUT2D eigenvalue weighted by atomic mass is 35.5. The van der Waals surface area contributed by atoms with Crippen LogP contribution in [-0.2, 0) is 12.1 Å². The molecule has 3 nitrogen and oxygen atoms in total. The first-order valence-electron chi connectivity index (χ1n) is 7.62. The van der Waals surface area contributed by atoms with Crippen LogP contribution in [0.2, 0.25) is 5.02 Å². The molecular formula is C16H22ClN3. The first-order valence-corrected chi connectivity index (χ1v) is 8.00. The Balaban J connectivity index is 2.22. The minimum absolute atomic E-state index is 0.0348. The molecule has 2 heterocycles. The Labute approximate surface area is 125 Å². The number of halogens is 1. The number of aromatic nitrogens is 2. The molecule has 1 unspecified atom stereocenters. The van der Waals surface area contributed by atoms with Gasteiger partial charge in [0.2, 0.25) is 0 Å². The van der Waals surface area contributed by atoms with Crippen molar-refractivity contribution in [3.8, 4) is 0 Å². The lowest BCUT2D eigenvalue weighted by Crippen LogP contribution is -2.39. The molecule has 108 valence electrons. The zero-order valence-electron chi connectivity index (χ0n) is 12.2. The Morgan fingerprint density at radius 1 is 1.40 bits per heavy atom. The third-order valence-corrected chi connectivity index (χ3v) is 4.69. The lowest BCUT2D eigenvalue weighted by atomic mass is 9.91. The molecule has 3 rings (SSSR count). The maximum atomic E-state index is 6.40. The van der Waals surface area contributed by atoms with Gasteiger partial charge in [-0.15, -0.1) is 0 Å². The van der Waals surface area contributed by atoms with Crippen LogP contribution in [0.15, 0.2) is 18.2 Å². The van der Waals surface area contributed by atoms with Crippen molar-refractivity contribution < 1.29 is 0 Å². The van der Waals surface area contributed by atoms with Gasteiger partial charge in [0, 0.05) is 6.54 Å². The molecule has 4 heteroatoms. The van der Waals surface area contributed by atoms with Crippen LogP contribution in [0.3, 0.4) is 0 Å². The van der Waals surface area contributed by atoms with Gasteiger partial charge in [-0.3, -0.25) is 0 Å². The molecule has 1 aliphatic rings. The second kappa shape index (κ2) is 5.38. The molecule has 20 heavy (non-hydrogen) atoms. The normalized spacial score (nSPS) is 22.8. The predicted octanol–water partition coefficient (Wildman–Crippen LogP) is 4.09. The summed E-state index contributed by atoms with van der Waals surface area (Å²) in [6.45, 7) is 6.40. The fraction of sp³-hybridized carbons (Fsp3) is 0.562. The van der Waals surface area contributed by atoms with E-state index in [1.54, 1.807) is 0 Å². The van der Waals surface area contributed by atoms with Gasteiger partial charge in [0.05, 0.1) is 21.6 Å². The smallest absolute Gasteiger partial charge is 0.130 e. The van der Waals surface area contributed by atoms with Crippen LogP contribution in [0.1, 0.15) is 45.4 Å². The molecule has 0 amide bonds. The van der Waals surface area contributed by atoms with Crippen LogP contribution in [-0.4, -0.2) is 16.1 Å². The molecule has 1 aliphatic heterocycles. The van der Waals surface area contributed by atoms with Gasteiger partial charge in [0.25, 0.3) is 0 Å². The van der Waals surface area contributed by atoms with Gasteiger partial charge in [-0.1, -0.05) is 31.0 Å². The molecule has 0 bridgehead atoms. The number of hydrogen-bond acceptors (Lipinski definition) is 2. The fourth-order valence-electron chi connectivity index (χ4n) is 3.56. The Bertz CT molecular complexity index is 611. The third-order valence-electron chi connectivity index (χ3n) is 4.38. The number of aryl methyl sites for hydroxylation is 1. The van der Waals surface area contributed by atoms with E-state index in [4.69, 9.17) is 16.6 Å². The monoisotopic (exact) mass is 291 g/mol. The molecule has 0 saturated carbocycles. The van der Waals surface area contributed by atoms with Crippen LogP contribution in [0.4, 0.5) is 0 Å². The minimum atomic E-state index is 0.0348. The summed E-state index contributed by atoms with van der Waals surface area (Å²) < 4.78 is 2.30. The highest BCUT2D eigenvalue weighted by Gasteiger charge is 2.38. The van der Waals surface area contributed by atoms with Crippen LogP contribution in [0, 0.1) is 0 Å². The summed E-state index contributed by atoms with van der Waals surface area (Å²) in [6, 6.07) is 6.00. The van der Waals surface area contributed by atoms with Crippen molar-refractivity contribution in [2.75, 3.05) is 6.54 Å². The van der Waals surface area contributed by atoms with Crippen molar-refractivity contribution in [3.05, 3.63) is 29.0 Å². The largest absolute Gasteiger partial charge is 0.325 e. The quantitative estimate of drug-likeness (QED) is 0.919. The van der Waals surface area contributed by atoms with E-state index in [0.29, 0.717) is 0 Å². The number of benzene rings is 1. The number of fused-ring (bicyclic) bond motifs is 1. The molecule has 1 N–H and O–H groups in total. The molecule has 1 aromatic carbocycles. The summed E-state index contributed by atoms with van der Waals surface area (Å²) in [5, 5.41) is 4.51. The topological polar surface area (TPSA) is 29.9 Å². The molecular weight excluding hydrogens is 270 g/mol. The Morgan fingerprint density at radius 3 is 2.90 bits per heavy atom. The predicted molar refractivity (Wildman–Crippen MR) is 84.2 cm³/mol. The summed E-state index contributed by atoms with van der Waals surface area (Å²) >= 11 is 6.40. The average molecular weight is 292 g/mol. The molecule has 2 aromatic rings. The highest BCUT2D eigenvalue weighted by Crippen LogP contribution is 2.37. The van der Waals surface area contributed by atoms with Crippen molar-refractivity contribution in [1.29, 1.82) is 0 Å². The maximum Gasteiger partial charge on any atom is 0.130 e. The van der Waals surface area contributed by atoms with Crippen LogP contribution in [0.25, 0.3) is 11.0 Å². The number of rotatable bonds is 4. The number of nitrogens with one attached hydrogen (secondary N) is 1. The van der Waals surface area contributed by atoms with Crippen molar-refractivity contribution in [2.24, 2.45) is 0 Å². The van der Waals surface area contributed by atoms with E-state index in [1.807, 2.05) is 12.1 Å². The van der Waals surface area contributed by atoms with E-state index in [2.05, 4.69) is 29.8 Å². The second-order valence-corrected chi connectivity index (χ2v) is 6.06. The van der Waals surface area contributed by atoms with E-state index in [1.165, 1.54) is 18.7 Å².